The molecule has 1 aliphatic heterocycles. The lowest BCUT2D eigenvalue weighted by atomic mass is 10.0. The van der Waals surface area contributed by atoms with E-state index in [0.717, 1.165) is 12.1 Å². The number of halogens is 1. The Balaban J connectivity index is 1.81. The SMILES string of the molecule is C[C@H](CN(C)CC(=O)N1CCOCC1)c1ccc(F)cc1. The lowest BCUT2D eigenvalue weighted by Crippen LogP contribution is -2.45. The average molecular weight is 294 g/mol. The Morgan fingerprint density at radius 1 is 1.33 bits per heavy atom. The summed E-state index contributed by atoms with van der Waals surface area (Å²) in [6.07, 6.45) is 0. The quantitative estimate of drug-likeness (QED) is 0.829. The van der Waals surface area contributed by atoms with Crippen molar-refractivity contribution in [3.8, 4) is 0 Å². The number of nitrogens with zero attached hydrogens (tertiary/aromatic N) is 2. The molecule has 1 heterocycles. The van der Waals surface area contributed by atoms with Crippen LogP contribution in [0.25, 0.3) is 0 Å². The first-order valence-corrected chi connectivity index (χ1v) is 7.36. The van der Waals surface area contributed by atoms with Gasteiger partial charge in [0.25, 0.3) is 0 Å². The van der Waals surface area contributed by atoms with E-state index in [9.17, 15) is 9.18 Å². The molecule has 0 bridgehead atoms. The minimum Gasteiger partial charge on any atom is -0.378 e. The standard InChI is InChI=1S/C16H23FN2O2/c1-13(14-3-5-15(17)6-4-14)11-18(2)12-16(20)19-7-9-21-10-8-19/h3-6,13H,7-12H2,1-2H3/t13-/m1/s1. The van der Waals surface area contributed by atoms with Crippen molar-refractivity contribution in [1.29, 1.82) is 0 Å². The van der Waals surface area contributed by atoms with Gasteiger partial charge in [-0.2, -0.15) is 0 Å². The smallest absolute Gasteiger partial charge is 0.236 e. The highest BCUT2D eigenvalue weighted by atomic mass is 19.1. The maximum Gasteiger partial charge on any atom is 0.236 e. The second-order valence-electron chi connectivity index (χ2n) is 5.64. The van der Waals surface area contributed by atoms with Crippen molar-refractivity contribution in [3.05, 3.63) is 35.6 Å². The van der Waals surface area contributed by atoms with Crippen LogP contribution in [0, 0.1) is 5.82 Å². The molecule has 1 aromatic rings. The summed E-state index contributed by atoms with van der Waals surface area (Å²) in [5, 5.41) is 0. The number of carbonyl (C=O) groups excluding carboxylic acids is 1. The third-order valence-electron chi connectivity index (χ3n) is 3.79. The lowest BCUT2D eigenvalue weighted by molar-refractivity contribution is -0.136. The molecule has 5 heteroatoms. The highest BCUT2D eigenvalue weighted by Crippen LogP contribution is 2.16. The van der Waals surface area contributed by atoms with Gasteiger partial charge in [-0.15, -0.1) is 0 Å². The van der Waals surface area contributed by atoms with Crippen LogP contribution in [-0.4, -0.2) is 62.1 Å². The highest BCUT2D eigenvalue weighted by Gasteiger charge is 2.19. The van der Waals surface area contributed by atoms with Crippen LogP contribution >= 0.6 is 0 Å². The van der Waals surface area contributed by atoms with Gasteiger partial charge in [0.05, 0.1) is 19.8 Å². The molecular weight excluding hydrogens is 271 g/mol. The van der Waals surface area contributed by atoms with Gasteiger partial charge in [-0.05, 0) is 30.7 Å². The molecule has 0 unspecified atom stereocenters. The summed E-state index contributed by atoms with van der Waals surface area (Å²) in [4.78, 5) is 16.0. The minimum absolute atomic E-state index is 0.145. The van der Waals surface area contributed by atoms with Gasteiger partial charge >= 0.3 is 0 Å². The van der Waals surface area contributed by atoms with Gasteiger partial charge in [-0.1, -0.05) is 19.1 Å². The number of hydrogen-bond acceptors (Lipinski definition) is 3. The Hall–Kier alpha value is -1.46. The van der Waals surface area contributed by atoms with Crippen LogP contribution in [0.15, 0.2) is 24.3 Å². The molecule has 0 saturated carbocycles. The van der Waals surface area contributed by atoms with E-state index in [1.165, 1.54) is 12.1 Å². The van der Waals surface area contributed by atoms with E-state index in [4.69, 9.17) is 4.74 Å². The molecule has 0 aromatic heterocycles. The van der Waals surface area contributed by atoms with Crippen molar-refractivity contribution in [2.75, 3.05) is 46.4 Å². The number of rotatable bonds is 5. The van der Waals surface area contributed by atoms with Crippen LogP contribution in [0.2, 0.25) is 0 Å². The molecule has 1 aliphatic rings. The second kappa shape index (κ2) is 7.52. The van der Waals surface area contributed by atoms with Crippen molar-refractivity contribution < 1.29 is 13.9 Å². The van der Waals surface area contributed by atoms with Gasteiger partial charge in [0.1, 0.15) is 5.82 Å². The predicted octanol–water partition coefficient (Wildman–Crippen LogP) is 1.72. The maximum atomic E-state index is 12.9. The lowest BCUT2D eigenvalue weighted by Gasteiger charge is -2.29. The van der Waals surface area contributed by atoms with Crippen LogP contribution in [0.1, 0.15) is 18.4 Å². The summed E-state index contributed by atoms with van der Waals surface area (Å²) in [7, 11) is 1.94. The third kappa shape index (κ3) is 4.79. The van der Waals surface area contributed by atoms with Crippen molar-refractivity contribution in [2.24, 2.45) is 0 Å². The fourth-order valence-electron chi connectivity index (χ4n) is 2.57. The summed E-state index contributed by atoms with van der Waals surface area (Å²) < 4.78 is 18.2. The van der Waals surface area contributed by atoms with Gasteiger partial charge in [-0.3, -0.25) is 9.69 Å². The number of likely N-dealkylation sites (N-methyl/N-ethyl adjacent to an activating group) is 1. The van der Waals surface area contributed by atoms with E-state index in [-0.39, 0.29) is 17.6 Å². The number of hydrogen-bond donors (Lipinski definition) is 0. The fraction of sp³-hybridized carbons (Fsp3) is 0.562. The van der Waals surface area contributed by atoms with Crippen molar-refractivity contribution in [2.45, 2.75) is 12.8 Å². The van der Waals surface area contributed by atoms with E-state index < -0.39 is 0 Å². The van der Waals surface area contributed by atoms with Crippen molar-refractivity contribution >= 4 is 5.91 Å². The normalized spacial score (nSPS) is 17.0. The molecule has 0 N–H and O–H groups in total. The number of morpholine rings is 1. The topological polar surface area (TPSA) is 32.8 Å². The molecule has 0 spiro atoms. The molecule has 21 heavy (non-hydrogen) atoms. The first-order chi connectivity index (χ1) is 10.1. The van der Waals surface area contributed by atoms with E-state index in [2.05, 4.69) is 6.92 Å². The zero-order valence-corrected chi connectivity index (χ0v) is 12.7. The average Bonchev–Trinajstić information content (AvgIpc) is 2.48. The van der Waals surface area contributed by atoms with Crippen molar-refractivity contribution in [1.82, 2.24) is 9.80 Å². The Bertz CT molecular complexity index is 458. The Labute approximate surface area is 125 Å². The molecule has 2 rings (SSSR count). The Morgan fingerprint density at radius 2 is 1.95 bits per heavy atom. The molecule has 1 atom stereocenters. The third-order valence-corrected chi connectivity index (χ3v) is 3.79. The molecule has 4 nitrogen and oxygen atoms in total. The summed E-state index contributed by atoms with van der Waals surface area (Å²) in [6.45, 7) is 5.87. The van der Waals surface area contributed by atoms with E-state index in [1.54, 1.807) is 12.1 Å². The van der Waals surface area contributed by atoms with Gasteiger partial charge in [0.2, 0.25) is 5.91 Å². The van der Waals surface area contributed by atoms with Crippen LogP contribution < -0.4 is 0 Å². The van der Waals surface area contributed by atoms with Crippen LogP contribution in [-0.2, 0) is 9.53 Å². The Kier molecular flexibility index (Phi) is 5.70. The first-order valence-electron chi connectivity index (χ1n) is 7.36. The van der Waals surface area contributed by atoms with Gasteiger partial charge in [0.15, 0.2) is 0 Å². The van der Waals surface area contributed by atoms with E-state index in [1.807, 2.05) is 16.8 Å². The van der Waals surface area contributed by atoms with Crippen LogP contribution in [0.4, 0.5) is 4.39 Å². The van der Waals surface area contributed by atoms with Crippen LogP contribution in [0.3, 0.4) is 0 Å². The fourth-order valence-corrected chi connectivity index (χ4v) is 2.57. The van der Waals surface area contributed by atoms with Crippen molar-refractivity contribution in [3.63, 3.8) is 0 Å². The maximum absolute atomic E-state index is 12.9. The summed E-state index contributed by atoms with van der Waals surface area (Å²) in [6, 6.07) is 6.56. The molecule has 1 fully saturated rings. The highest BCUT2D eigenvalue weighted by molar-refractivity contribution is 5.78. The monoisotopic (exact) mass is 294 g/mol. The van der Waals surface area contributed by atoms with E-state index in [0.29, 0.717) is 32.8 Å². The molecule has 116 valence electrons. The zero-order valence-electron chi connectivity index (χ0n) is 12.7. The summed E-state index contributed by atoms with van der Waals surface area (Å²) in [5.74, 6) is 0.182. The molecule has 1 amide bonds. The number of ether oxygens (including phenoxy) is 1. The van der Waals surface area contributed by atoms with Gasteiger partial charge in [-0.25, -0.2) is 4.39 Å². The largest absolute Gasteiger partial charge is 0.378 e. The summed E-state index contributed by atoms with van der Waals surface area (Å²) in [5.41, 5.74) is 1.09. The Morgan fingerprint density at radius 3 is 2.57 bits per heavy atom. The molecule has 1 saturated heterocycles. The number of carbonyl (C=O) groups is 1. The summed E-state index contributed by atoms with van der Waals surface area (Å²) >= 11 is 0. The molecule has 0 aliphatic carbocycles. The van der Waals surface area contributed by atoms with Crippen LogP contribution in [0.5, 0.6) is 0 Å². The number of benzene rings is 1. The second-order valence-corrected chi connectivity index (χ2v) is 5.64. The molecular formula is C16H23FN2O2. The molecule has 0 radical (unpaired) electrons. The predicted molar refractivity (Wildman–Crippen MR) is 79.7 cm³/mol. The number of amides is 1. The molecule has 1 aromatic carbocycles. The van der Waals surface area contributed by atoms with Gasteiger partial charge < -0.3 is 9.64 Å². The first kappa shape index (κ1) is 15.9. The minimum atomic E-state index is -0.221. The zero-order chi connectivity index (χ0) is 15.2. The van der Waals surface area contributed by atoms with Gasteiger partial charge in [0, 0.05) is 19.6 Å². The van der Waals surface area contributed by atoms with E-state index >= 15 is 0 Å².